The van der Waals surface area contributed by atoms with Gasteiger partial charge in [0.1, 0.15) is 0 Å². The fraction of sp³-hybridized carbons (Fsp3) is 0.417. The molecule has 33 heavy (non-hydrogen) atoms. The number of aliphatic carboxylic acids is 1. The molecule has 1 N–H and O–H groups in total. The standard InChI is InChI=1S/C24H26ClN3O3S.ClH/c25-22-6-5-17(32-22)13-28-20-4-2-1-3-18(20)19-9-12-27(14-21(19)28)23(29)15-26-10-7-16(8-11-26)24(30)31;/h1-6,16H,7-15H2,(H,30,31);1H. The summed E-state index contributed by atoms with van der Waals surface area (Å²) in [5.41, 5.74) is 3.75. The van der Waals surface area contributed by atoms with E-state index in [0.717, 1.165) is 23.8 Å². The van der Waals surface area contributed by atoms with Gasteiger partial charge >= 0.3 is 5.97 Å². The summed E-state index contributed by atoms with van der Waals surface area (Å²) in [6.45, 7) is 3.77. The van der Waals surface area contributed by atoms with Crippen LogP contribution in [0.4, 0.5) is 0 Å². The first kappa shape index (κ1) is 24.1. The average molecular weight is 508 g/mol. The maximum absolute atomic E-state index is 13.1. The van der Waals surface area contributed by atoms with Gasteiger partial charge in [0.25, 0.3) is 0 Å². The van der Waals surface area contributed by atoms with Crippen LogP contribution in [0.1, 0.15) is 29.0 Å². The molecular formula is C24H27Cl2N3O3S. The smallest absolute Gasteiger partial charge is 0.306 e. The number of nitrogens with zero attached hydrogens (tertiary/aromatic N) is 3. The van der Waals surface area contributed by atoms with E-state index in [4.69, 9.17) is 11.6 Å². The fourth-order valence-electron chi connectivity index (χ4n) is 5.01. The minimum atomic E-state index is -0.723. The lowest BCUT2D eigenvalue weighted by Gasteiger charge is -2.33. The Balaban J connectivity index is 0.00000259. The Hall–Kier alpha value is -2.06. The van der Waals surface area contributed by atoms with E-state index in [1.54, 1.807) is 11.3 Å². The topological polar surface area (TPSA) is 65.8 Å². The van der Waals surface area contributed by atoms with Crippen LogP contribution in [0, 0.1) is 5.92 Å². The molecular weight excluding hydrogens is 481 g/mol. The van der Waals surface area contributed by atoms with Gasteiger partial charge in [-0.2, -0.15) is 0 Å². The number of rotatable bonds is 5. The monoisotopic (exact) mass is 507 g/mol. The van der Waals surface area contributed by atoms with Gasteiger partial charge < -0.3 is 14.6 Å². The molecule has 0 atom stereocenters. The van der Waals surface area contributed by atoms with Crippen LogP contribution in [0.25, 0.3) is 10.9 Å². The van der Waals surface area contributed by atoms with Gasteiger partial charge in [-0.3, -0.25) is 14.5 Å². The van der Waals surface area contributed by atoms with Gasteiger partial charge in [-0.25, -0.2) is 0 Å². The van der Waals surface area contributed by atoms with Gasteiger partial charge in [-0.05, 0) is 56.1 Å². The molecule has 1 amide bonds. The summed E-state index contributed by atoms with van der Waals surface area (Å²) in [4.78, 5) is 29.6. The number of thiophene rings is 1. The first-order chi connectivity index (χ1) is 15.5. The highest BCUT2D eigenvalue weighted by molar-refractivity contribution is 7.16. The maximum Gasteiger partial charge on any atom is 0.306 e. The van der Waals surface area contributed by atoms with E-state index in [1.807, 2.05) is 11.0 Å². The largest absolute Gasteiger partial charge is 0.481 e. The number of amides is 1. The van der Waals surface area contributed by atoms with Gasteiger partial charge in [0.15, 0.2) is 0 Å². The molecule has 3 aromatic rings. The molecule has 0 aliphatic carbocycles. The summed E-state index contributed by atoms with van der Waals surface area (Å²) in [7, 11) is 0. The van der Waals surface area contributed by atoms with Crippen LogP contribution >= 0.6 is 35.3 Å². The maximum atomic E-state index is 13.1. The number of aromatic nitrogens is 1. The number of para-hydroxylation sites is 1. The zero-order valence-electron chi connectivity index (χ0n) is 18.2. The number of carboxylic acids is 1. The third-order valence-corrected chi connectivity index (χ3v) is 7.97. The Morgan fingerprint density at radius 2 is 1.85 bits per heavy atom. The SMILES string of the molecule is Cl.O=C(O)C1CCN(CC(=O)N2CCc3c(n(Cc4ccc(Cl)s4)c4ccccc34)C2)CC1. The normalized spacial score (nSPS) is 17.1. The van der Waals surface area contributed by atoms with Crippen molar-refractivity contribution in [1.82, 2.24) is 14.4 Å². The van der Waals surface area contributed by atoms with Crippen LogP contribution in [-0.4, -0.2) is 57.5 Å². The van der Waals surface area contributed by atoms with Crippen molar-refractivity contribution in [3.8, 4) is 0 Å². The molecule has 0 saturated carbocycles. The number of fused-ring (bicyclic) bond motifs is 3. The predicted octanol–water partition coefficient (Wildman–Crippen LogP) is 4.51. The first-order valence-electron chi connectivity index (χ1n) is 11.1. The van der Waals surface area contributed by atoms with Crippen molar-refractivity contribution < 1.29 is 14.7 Å². The molecule has 1 fully saturated rings. The Bertz CT molecular complexity index is 1170. The number of halogens is 2. The summed E-state index contributed by atoms with van der Waals surface area (Å²) in [6, 6.07) is 12.5. The van der Waals surface area contributed by atoms with Crippen LogP contribution in [0.15, 0.2) is 36.4 Å². The summed E-state index contributed by atoms with van der Waals surface area (Å²) in [6.07, 6.45) is 2.08. The fourth-order valence-corrected chi connectivity index (χ4v) is 6.09. The Morgan fingerprint density at radius 3 is 2.55 bits per heavy atom. The van der Waals surface area contributed by atoms with E-state index >= 15 is 0 Å². The summed E-state index contributed by atoms with van der Waals surface area (Å²) >= 11 is 7.76. The van der Waals surface area contributed by atoms with Gasteiger partial charge in [0.05, 0.1) is 29.9 Å². The number of carbonyl (C=O) groups excluding carboxylic acids is 1. The van der Waals surface area contributed by atoms with Crippen molar-refractivity contribution in [2.24, 2.45) is 5.92 Å². The number of carbonyl (C=O) groups is 2. The second-order valence-electron chi connectivity index (χ2n) is 8.69. The second kappa shape index (κ2) is 10.1. The van der Waals surface area contributed by atoms with Gasteiger partial charge in [0, 0.05) is 28.0 Å². The summed E-state index contributed by atoms with van der Waals surface area (Å²) in [5, 5.41) is 10.5. The number of benzene rings is 1. The van der Waals surface area contributed by atoms with Gasteiger partial charge in [-0.15, -0.1) is 23.7 Å². The molecule has 176 valence electrons. The number of piperidine rings is 1. The molecule has 1 saturated heterocycles. The summed E-state index contributed by atoms with van der Waals surface area (Å²) in [5.74, 6) is -0.875. The van der Waals surface area contributed by atoms with Crippen molar-refractivity contribution in [2.75, 3.05) is 26.2 Å². The molecule has 0 radical (unpaired) electrons. The molecule has 1 aromatic carbocycles. The zero-order chi connectivity index (χ0) is 22.2. The Morgan fingerprint density at radius 1 is 1.09 bits per heavy atom. The van der Waals surface area contributed by atoms with E-state index in [0.29, 0.717) is 39.0 Å². The van der Waals surface area contributed by atoms with Crippen molar-refractivity contribution >= 4 is 58.1 Å². The molecule has 2 aliphatic heterocycles. The van der Waals surface area contributed by atoms with Crippen LogP contribution in [0.3, 0.4) is 0 Å². The van der Waals surface area contributed by atoms with E-state index in [-0.39, 0.29) is 24.2 Å². The highest BCUT2D eigenvalue weighted by Gasteiger charge is 2.30. The molecule has 9 heteroatoms. The molecule has 0 unspecified atom stereocenters. The quantitative estimate of drug-likeness (QED) is 0.551. The lowest BCUT2D eigenvalue weighted by atomic mass is 9.97. The number of carboxylic acid groups (broad SMARTS) is 1. The van der Waals surface area contributed by atoms with E-state index < -0.39 is 5.97 Å². The van der Waals surface area contributed by atoms with Crippen LogP contribution in [-0.2, 0) is 29.1 Å². The van der Waals surface area contributed by atoms with Crippen molar-refractivity contribution in [3.63, 3.8) is 0 Å². The Kier molecular flexibility index (Phi) is 7.34. The molecule has 4 heterocycles. The number of hydrogen-bond donors (Lipinski definition) is 1. The molecule has 5 rings (SSSR count). The third-order valence-electron chi connectivity index (χ3n) is 6.76. The van der Waals surface area contributed by atoms with E-state index in [1.165, 1.54) is 27.0 Å². The number of likely N-dealkylation sites (tertiary alicyclic amines) is 1. The van der Waals surface area contributed by atoms with Crippen LogP contribution in [0.5, 0.6) is 0 Å². The van der Waals surface area contributed by atoms with E-state index in [2.05, 4.69) is 39.8 Å². The Labute approximate surface area is 208 Å². The first-order valence-corrected chi connectivity index (χ1v) is 12.2. The second-order valence-corrected chi connectivity index (χ2v) is 10.5. The lowest BCUT2D eigenvalue weighted by molar-refractivity contribution is -0.143. The predicted molar refractivity (Wildman–Crippen MR) is 134 cm³/mol. The van der Waals surface area contributed by atoms with Gasteiger partial charge in [-0.1, -0.05) is 29.8 Å². The van der Waals surface area contributed by atoms with Gasteiger partial charge in [0.2, 0.25) is 5.91 Å². The minimum Gasteiger partial charge on any atom is -0.481 e. The summed E-state index contributed by atoms with van der Waals surface area (Å²) < 4.78 is 3.12. The highest BCUT2D eigenvalue weighted by Crippen LogP contribution is 2.33. The molecule has 2 aliphatic rings. The molecule has 0 spiro atoms. The zero-order valence-corrected chi connectivity index (χ0v) is 20.6. The van der Waals surface area contributed by atoms with Crippen LogP contribution in [0.2, 0.25) is 4.34 Å². The minimum absolute atomic E-state index is 0. The molecule has 6 nitrogen and oxygen atoms in total. The van der Waals surface area contributed by atoms with Crippen molar-refractivity contribution in [1.29, 1.82) is 0 Å². The third kappa shape index (κ3) is 4.92. The molecule has 0 bridgehead atoms. The number of hydrogen-bond acceptors (Lipinski definition) is 4. The van der Waals surface area contributed by atoms with Crippen molar-refractivity contribution in [3.05, 3.63) is 56.9 Å². The van der Waals surface area contributed by atoms with Crippen LogP contribution < -0.4 is 0 Å². The lowest BCUT2D eigenvalue weighted by Crippen LogP contribution is -2.45. The highest BCUT2D eigenvalue weighted by atomic mass is 35.5. The van der Waals surface area contributed by atoms with Crippen molar-refractivity contribution in [2.45, 2.75) is 32.4 Å². The van der Waals surface area contributed by atoms with E-state index in [9.17, 15) is 14.7 Å². The average Bonchev–Trinajstić information content (AvgIpc) is 3.35. The molecule has 2 aromatic heterocycles.